The molecule has 0 fully saturated rings. The fraction of sp³-hybridized carbons (Fsp3) is 0.500. The van der Waals surface area contributed by atoms with E-state index in [1.807, 2.05) is 33.8 Å². The van der Waals surface area contributed by atoms with Gasteiger partial charge in [-0.2, -0.15) is 0 Å². The van der Waals surface area contributed by atoms with E-state index in [0.717, 1.165) is 5.56 Å². The average Bonchev–Trinajstić information content (AvgIpc) is 2.31. The minimum absolute atomic E-state index is 0.0331. The lowest BCUT2D eigenvalue weighted by molar-refractivity contribution is -0.134. The number of hydrogen-bond donors (Lipinski definition) is 1. The summed E-state index contributed by atoms with van der Waals surface area (Å²) in [5.74, 6) is -0.162. The molecule has 0 saturated heterocycles. The number of carbonyl (C=O) groups is 2. The van der Waals surface area contributed by atoms with Gasteiger partial charge in [0.2, 0.25) is 11.8 Å². The van der Waals surface area contributed by atoms with Crippen molar-refractivity contribution in [1.29, 1.82) is 0 Å². The van der Waals surface area contributed by atoms with Gasteiger partial charge in [0.05, 0.1) is 0 Å². The molecule has 0 bridgehead atoms. The van der Waals surface area contributed by atoms with Crippen molar-refractivity contribution in [2.24, 2.45) is 0 Å². The summed E-state index contributed by atoms with van der Waals surface area (Å²) in [6.07, 6.45) is 0.253. The van der Waals surface area contributed by atoms with Crippen LogP contribution in [-0.4, -0.2) is 28.8 Å². The Morgan fingerprint density at radius 3 is 2.43 bits per heavy atom. The standard InChI is InChI=1S/C16H23ClN2O2/c1-11-6-7-13(17)10-14(11)18-15(21)8-9-19(12(2)20)16(3,4)5/h6-7,10H,8-9H2,1-5H3,(H,18,21). The van der Waals surface area contributed by atoms with Crippen LogP contribution in [0.5, 0.6) is 0 Å². The largest absolute Gasteiger partial charge is 0.338 e. The van der Waals surface area contributed by atoms with E-state index >= 15 is 0 Å². The fourth-order valence-electron chi connectivity index (χ4n) is 2.12. The van der Waals surface area contributed by atoms with Crippen LogP contribution >= 0.6 is 11.6 Å². The van der Waals surface area contributed by atoms with Crippen LogP contribution in [0.2, 0.25) is 5.02 Å². The maximum absolute atomic E-state index is 12.0. The highest BCUT2D eigenvalue weighted by atomic mass is 35.5. The normalized spacial score (nSPS) is 11.1. The van der Waals surface area contributed by atoms with Crippen LogP contribution in [0.4, 0.5) is 5.69 Å². The number of hydrogen-bond acceptors (Lipinski definition) is 2. The molecule has 1 N–H and O–H groups in total. The lowest BCUT2D eigenvalue weighted by Gasteiger charge is -2.34. The summed E-state index contributed by atoms with van der Waals surface area (Å²) >= 11 is 5.93. The van der Waals surface area contributed by atoms with Crippen molar-refractivity contribution in [1.82, 2.24) is 4.90 Å². The zero-order valence-corrected chi connectivity index (χ0v) is 14.0. The van der Waals surface area contributed by atoms with Crippen LogP contribution in [-0.2, 0) is 9.59 Å². The zero-order valence-electron chi connectivity index (χ0n) is 13.3. The van der Waals surface area contributed by atoms with Gasteiger partial charge in [0.1, 0.15) is 0 Å². The SMILES string of the molecule is CC(=O)N(CCC(=O)Nc1cc(Cl)ccc1C)C(C)(C)C. The van der Waals surface area contributed by atoms with Gasteiger partial charge in [0.25, 0.3) is 0 Å². The number of halogens is 1. The third kappa shape index (κ3) is 5.38. The number of nitrogens with one attached hydrogen (secondary N) is 1. The predicted octanol–water partition coefficient (Wildman–Crippen LogP) is 3.62. The number of rotatable bonds is 4. The molecule has 0 unspecified atom stereocenters. The summed E-state index contributed by atoms with van der Waals surface area (Å²) in [5, 5.41) is 3.42. The van der Waals surface area contributed by atoms with Gasteiger partial charge in [0.15, 0.2) is 0 Å². The van der Waals surface area contributed by atoms with Crippen molar-refractivity contribution in [3.05, 3.63) is 28.8 Å². The highest BCUT2D eigenvalue weighted by Crippen LogP contribution is 2.20. The molecule has 0 saturated carbocycles. The highest BCUT2D eigenvalue weighted by Gasteiger charge is 2.24. The summed E-state index contributed by atoms with van der Waals surface area (Å²) < 4.78 is 0. The van der Waals surface area contributed by atoms with Gasteiger partial charge in [-0.05, 0) is 45.4 Å². The van der Waals surface area contributed by atoms with Gasteiger partial charge in [0, 0.05) is 36.1 Å². The summed E-state index contributed by atoms with van der Waals surface area (Å²) in [5.41, 5.74) is 1.36. The molecule has 116 valence electrons. The Labute approximate surface area is 131 Å². The first-order chi connectivity index (χ1) is 9.61. The van der Waals surface area contributed by atoms with Gasteiger partial charge in [-0.15, -0.1) is 0 Å². The van der Waals surface area contributed by atoms with Crippen molar-refractivity contribution in [2.45, 2.75) is 46.6 Å². The Bertz CT molecular complexity index is 536. The third-order valence-electron chi connectivity index (χ3n) is 3.23. The van der Waals surface area contributed by atoms with Crippen LogP contribution in [0, 0.1) is 6.92 Å². The average molecular weight is 311 g/mol. The first kappa shape index (κ1) is 17.5. The van der Waals surface area contributed by atoms with E-state index in [4.69, 9.17) is 11.6 Å². The Hall–Kier alpha value is -1.55. The van der Waals surface area contributed by atoms with E-state index in [-0.39, 0.29) is 23.8 Å². The topological polar surface area (TPSA) is 49.4 Å². The molecule has 0 radical (unpaired) electrons. The van der Waals surface area contributed by atoms with Crippen LogP contribution in [0.25, 0.3) is 0 Å². The fourth-order valence-corrected chi connectivity index (χ4v) is 2.29. The zero-order chi connectivity index (χ0) is 16.2. The minimum Gasteiger partial charge on any atom is -0.338 e. The number of carbonyl (C=O) groups excluding carboxylic acids is 2. The lowest BCUT2D eigenvalue weighted by atomic mass is 10.1. The molecule has 5 heteroatoms. The second-order valence-electron chi connectivity index (χ2n) is 6.10. The Morgan fingerprint density at radius 1 is 1.29 bits per heavy atom. The number of amides is 2. The highest BCUT2D eigenvalue weighted by molar-refractivity contribution is 6.31. The molecule has 0 aliphatic carbocycles. The molecule has 1 aromatic rings. The third-order valence-corrected chi connectivity index (χ3v) is 3.46. The van der Waals surface area contributed by atoms with Crippen LogP contribution in [0.15, 0.2) is 18.2 Å². The van der Waals surface area contributed by atoms with E-state index < -0.39 is 0 Å². The van der Waals surface area contributed by atoms with Crippen LogP contribution in [0.1, 0.15) is 39.7 Å². The van der Waals surface area contributed by atoms with Gasteiger partial charge < -0.3 is 10.2 Å². The van der Waals surface area contributed by atoms with Crippen molar-refractivity contribution >= 4 is 29.1 Å². The quantitative estimate of drug-likeness (QED) is 0.923. The predicted molar refractivity (Wildman–Crippen MR) is 86.6 cm³/mol. The van der Waals surface area contributed by atoms with Crippen molar-refractivity contribution in [2.75, 3.05) is 11.9 Å². The molecule has 0 heterocycles. The van der Waals surface area contributed by atoms with Gasteiger partial charge in [-0.3, -0.25) is 9.59 Å². The molecule has 0 aliphatic rings. The number of aryl methyl sites for hydroxylation is 1. The minimum atomic E-state index is -0.294. The molecule has 1 rings (SSSR count). The lowest BCUT2D eigenvalue weighted by Crippen LogP contribution is -2.45. The first-order valence-corrected chi connectivity index (χ1v) is 7.33. The second kappa shape index (κ2) is 6.94. The van der Waals surface area contributed by atoms with Crippen molar-refractivity contribution in [3.63, 3.8) is 0 Å². The maximum Gasteiger partial charge on any atom is 0.226 e. The molecule has 4 nitrogen and oxygen atoms in total. The summed E-state index contributed by atoms with van der Waals surface area (Å²) in [6.45, 7) is 9.67. The summed E-state index contributed by atoms with van der Waals surface area (Å²) in [4.78, 5) is 25.4. The number of nitrogens with zero attached hydrogens (tertiary/aromatic N) is 1. The van der Waals surface area contributed by atoms with Crippen LogP contribution < -0.4 is 5.32 Å². The molecule has 0 aromatic heterocycles. The smallest absolute Gasteiger partial charge is 0.226 e. The monoisotopic (exact) mass is 310 g/mol. The van der Waals surface area contributed by atoms with E-state index in [0.29, 0.717) is 17.3 Å². The molecule has 0 atom stereocenters. The molecule has 21 heavy (non-hydrogen) atoms. The van der Waals surface area contributed by atoms with E-state index in [1.54, 1.807) is 17.0 Å². The van der Waals surface area contributed by atoms with Gasteiger partial charge in [-0.1, -0.05) is 17.7 Å². The molecule has 1 aromatic carbocycles. The molecular weight excluding hydrogens is 288 g/mol. The summed E-state index contributed by atoms with van der Waals surface area (Å²) in [6, 6.07) is 5.36. The Balaban J connectivity index is 2.66. The first-order valence-electron chi connectivity index (χ1n) is 6.95. The Morgan fingerprint density at radius 2 is 1.90 bits per heavy atom. The Kier molecular flexibility index (Phi) is 5.78. The molecule has 0 aliphatic heterocycles. The van der Waals surface area contributed by atoms with Crippen molar-refractivity contribution < 1.29 is 9.59 Å². The van der Waals surface area contributed by atoms with Gasteiger partial charge >= 0.3 is 0 Å². The van der Waals surface area contributed by atoms with Crippen molar-refractivity contribution in [3.8, 4) is 0 Å². The van der Waals surface area contributed by atoms with Gasteiger partial charge in [-0.25, -0.2) is 0 Å². The molecule has 0 spiro atoms. The van der Waals surface area contributed by atoms with E-state index in [2.05, 4.69) is 5.32 Å². The maximum atomic E-state index is 12.0. The number of benzene rings is 1. The van der Waals surface area contributed by atoms with Crippen LogP contribution in [0.3, 0.4) is 0 Å². The van der Waals surface area contributed by atoms with E-state index in [9.17, 15) is 9.59 Å². The number of anilines is 1. The molecule has 2 amide bonds. The van der Waals surface area contributed by atoms with E-state index in [1.165, 1.54) is 6.92 Å². The summed E-state index contributed by atoms with van der Waals surface area (Å²) in [7, 11) is 0. The molecular formula is C16H23ClN2O2. The second-order valence-corrected chi connectivity index (χ2v) is 6.54.